The number of amides is 1. The molecule has 2 N–H and O–H groups in total. The van der Waals surface area contributed by atoms with Gasteiger partial charge in [-0.15, -0.1) is 0 Å². The summed E-state index contributed by atoms with van der Waals surface area (Å²) in [7, 11) is 0. The topological polar surface area (TPSA) is 85.4 Å². The van der Waals surface area contributed by atoms with Gasteiger partial charge in [-0.1, -0.05) is 11.8 Å². The molecule has 0 saturated carbocycles. The molecule has 8 heteroatoms. The van der Waals surface area contributed by atoms with Crippen LogP contribution in [0.5, 0.6) is 11.5 Å². The molecular formula is C16H16N4O3S. The van der Waals surface area contributed by atoms with Gasteiger partial charge in [0.25, 0.3) is 5.91 Å². The number of aromatic nitrogens is 2. The molecule has 0 radical (unpaired) electrons. The van der Waals surface area contributed by atoms with Crippen molar-refractivity contribution >= 4 is 29.4 Å². The molecule has 1 aliphatic heterocycles. The highest BCUT2D eigenvalue weighted by Gasteiger charge is 2.11. The maximum atomic E-state index is 11.8. The number of thioether (sulfide) groups is 1. The molecule has 0 saturated heterocycles. The second kappa shape index (κ2) is 7.69. The zero-order valence-corrected chi connectivity index (χ0v) is 13.8. The molecule has 1 amide bonds. The largest absolute Gasteiger partial charge is 0.486 e. The van der Waals surface area contributed by atoms with Crippen molar-refractivity contribution in [2.75, 3.05) is 24.9 Å². The van der Waals surface area contributed by atoms with Gasteiger partial charge < -0.3 is 9.47 Å². The lowest BCUT2D eigenvalue weighted by atomic mass is 10.2. The molecule has 0 spiro atoms. The normalized spacial score (nSPS) is 12.9. The number of nitrogens with zero attached hydrogens (tertiary/aromatic N) is 2. The second-order valence-electron chi connectivity index (χ2n) is 4.81. The van der Waals surface area contributed by atoms with Gasteiger partial charge in [0.05, 0.1) is 5.69 Å². The monoisotopic (exact) mass is 344 g/mol. The van der Waals surface area contributed by atoms with Crippen molar-refractivity contribution in [2.24, 2.45) is 0 Å². The number of carbonyl (C=O) groups excluding carboxylic acids is 1. The average molecular weight is 344 g/mol. The van der Waals surface area contributed by atoms with Crippen LogP contribution in [0.3, 0.4) is 0 Å². The van der Waals surface area contributed by atoms with E-state index in [-0.39, 0.29) is 5.91 Å². The van der Waals surface area contributed by atoms with Crippen LogP contribution in [0.15, 0.2) is 41.8 Å². The first-order valence-corrected chi connectivity index (χ1v) is 8.47. The SMILES string of the molecule is CSc1ncc(/C=C/C(=O)NNc2ccc3c(c2)OCCO3)cn1. The summed E-state index contributed by atoms with van der Waals surface area (Å²) in [6.45, 7) is 1.06. The first-order chi connectivity index (χ1) is 11.7. The molecule has 0 aliphatic carbocycles. The van der Waals surface area contributed by atoms with E-state index in [4.69, 9.17) is 9.47 Å². The number of hydrazine groups is 1. The maximum Gasteiger partial charge on any atom is 0.262 e. The van der Waals surface area contributed by atoms with E-state index in [0.717, 1.165) is 5.56 Å². The van der Waals surface area contributed by atoms with Crippen LogP contribution in [0.4, 0.5) is 5.69 Å². The highest BCUT2D eigenvalue weighted by atomic mass is 32.2. The molecule has 1 aromatic heterocycles. The quantitative estimate of drug-likeness (QED) is 0.372. The van der Waals surface area contributed by atoms with Crippen LogP contribution in [0.25, 0.3) is 6.08 Å². The van der Waals surface area contributed by atoms with Gasteiger partial charge in [-0.2, -0.15) is 0 Å². The van der Waals surface area contributed by atoms with Crippen molar-refractivity contribution in [1.29, 1.82) is 0 Å². The van der Waals surface area contributed by atoms with Gasteiger partial charge >= 0.3 is 0 Å². The van der Waals surface area contributed by atoms with Gasteiger partial charge in [0, 0.05) is 30.1 Å². The summed E-state index contributed by atoms with van der Waals surface area (Å²) in [5.74, 6) is 1.06. The molecule has 1 aliphatic rings. The lowest BCUT2D eigenvalue weighted by molar-refractivity contribution is -0.115. The third kappa shape index (κ3) is 4.17. The van der Waals surface area contributed by atoms with Crippen LogP contribution < -0.4 is 20.3 Å². The van der Waals surface area contributed by atoms with E-state index >= 15 is 0 Å². The number of carbonyl (C=O) groups is 1. The summed E-state index contributed by atoms with van der Waals surface area (Å²) < 4.78 is 10.9. The van der Waals surface area contributed by atoms with E-state index in [2.05, 4.69) is 20.8 Å². The van der Waals surface area contributed by atoms with Crippen molar-refractivity contribution in [1.82, 2.24) is 15.4 Å². The third-order valence-corrected chi connectivity index (χ3v) is 3.71. The zero-order valence-electron chi connectivity index (χ0n) is 13.0. The van der Waals surface area contributed by atoms with Gasteiger partial charge in [-0.3, -0.25) is 15.6 Å². The fourth-order valence-corrected chi connectivity index (χ4v) is 2.30. The molecular weight excluding hydrogens is 328 g/mol. The summed E-state index contributed by atoms with van der Waals surface area (Å²) in [5.41, 5.74) is 6.86. The molecule has 0 fully saturated rings. The van der Waals surface area contributed by atoms with E-state index in [1.165, 1.54) is 17.8 Å². The number of nitrogens with one attached hydrogen (secondary N) is 2. The molecule has 7 nitrogen and oxygen atoms in total. The van der Waals surface area contributed by atoms with Crippen molar-refractivity contribution in [3.8, 4) is 11.5 Å². The third-order valence-electron chi connectivity index (χ3n) is 3.13. The minimum absolute atomic E-state index is 0.293. The van der Waals surface area contributed by atoms with Gasteiger partial charge in [0.1, 0.15) is 13.2 Å². The number of ether oxygens (including phenoxy) is 2. The Bertz CT molecular complexity index is 749. The van der Waals surface area contributed by atoms with Crippen LogP contribution in [0.2, 0.25) is 0 Å². The molecule has 0 unspecified atom stereocenters. The molecule has 1 aromatic carbocycles. The molecule has 124 valence electrons. The first-order valence-electron chi connectivity index (χ1n) is 7.24. The van der Waals surface area contributed by atoms with Crippen LogP contribution in [-0.4, -0.2) is 35.3 Å². The van der Waals surface area contributed by atoms with Crippen molar-refractivity contribution in [3.63, 3.8) is 0 Å². The molecule has 0 bridgehead atoms. The smallest absolute Gasteiger partial charge is 0.262 e. The number of hydrogen-bond acceptors (Lipinski definition) is 7. The van der Waals surface area contributed by atoms with Crippen LogP contribution in [-0.2, 0) is 4.79 Å². The minimum atomic E-state index is -0.293. The second-order valence-corrected chi connectivity index (χ2v) is 5.58. The lowest BCUT2D eigenvalue weighted by Gasteiger charge is -2.19. The van der Waals surface area contributed by atoms with Crippen LogP contribution >= 0.6 is 11.8 Å². The van der Waals surface area contributed by atoms with E-state index in [0.29, 0.717) is 35.6 Å². The average Bonchev–Trinajstić information content (AvgIpc) is 2.65. The van der Waals surface area contributed by atoms with Gasteiger partial charge in [0.15, 0.2) is 16.7 Å². The standard InChI is InChI=1S/C16H16N4O3S/c1-24-16-17-9-11(10-18-16)2-5-15(21)20-19-12-3-4-13-14(8-12)23-7-6-22-13/h2-5,8-10,19H,6-7H2,1H3,(H,20,21)/b5-2+. The number of hydrogen-bond donors (Lipinski definition) is 2. The summed E-state index contributed by atoms with van der Waals surface area (Å²) in [6.07, 6.45) is 8.28. The fourth-order valence-electron chi connectivity index (χ4n) is 1.99. The van der Waals surface area contributed by atoms with Crippen LogP contribution in [0, 0.1) is 0 Å². The summed E-state index contributed by atoms with van der Waals surface area (Å²) in [6, 6.07) is 5.36. The highest BCUT2D eigenvalue weighted by Crippen LogP contribution is 2.32. The predicted octanol–water partition coefficient (Wildman–Crippen LogP) is 2.13. The van der Waals surface area contributed by atoms with E-state index in [9.17, 15) is 4.79 Å². The van der Waals surface area contributed by atoms with Gasteiger partial charge in [0.2, 0.25) is 0 Å². The molecule has 24 heavy (non-hydrogen) atoms. The van der Waals surface area contributed by atoms with Crippen molar-refractivity contribution in [2.45, 2.75) is 5.16 Å². The number of fused-ring (bicyclic) bond motifs is 1. The zero-order chi connectivity index (χ0) is 16.8. The fraction of sp³-hybridized carbons (Fsp3) is 0.188. The molecule has 2 heterocycles. The number of benzene rings is 1. The van der Waals surface area contributed by atoms with E-state index in [1.54, 1.807) is 36.7 Å². The van der Waals surface area contributed by atoms with Crippen molar-refractivity contribution in [3.05, 3.63) is 42.2 Å². The number of anilines is 1. The Kier molecular flexibility index (Phi) is 5.17. The lowest BCUT2D eigenvalue weighted by Crippen LogP contribution is -2.27. The highest BCUT2D eigenvalue weighted by molar-refractivity contribution is 7.98. The van der Waals surface area contributed by atoms with E-state index in [1.807, 2.05) is 6.26 Å². The Morgan fingerprint density at radius 3 is 2.71 bits per heavy atom. The Balaban J connectivity index is 1.54. The van der Waals surface area contributed by atoms with Gasteiger partial charge in [-0.05, 0) is 24.5 Å². The molecule has 3 rings (SSSR count). The Morgan fingerprint density at radius 2 is 1.96 bits per heavy atom. The summed E-state index contributed by atoms with van der Waals surface area (Å²) in [5, 5.41) is 0.692. The Hall–Kier alpha value is -2.74. The Labute approximate surface area is 143 Å². The van der Waals surface area contributed by atoms with E-state index < -0.39 is 0 Å². The van der Waals surface area contributed by atoms with Crippen LogP contribution in [0.1, 0.15) is 5.56 Å². The van der Waals surface area contributed by atoms with Crippen molar-refractivity contribution < 1.29 is 14.3 Å². The molecule has 0 atom stereocenters. The number of rotatable bonds is 5. The summed E-state index contributed by atoms with van der Waals surface area (Å²) >= 11 is 1.46. The maximum absolute atomic E-state index is 11.8. The first kappa shape index (κ1) is 16.1. The minimum Gasteiger partial charge on any atom is -0.486 e. The predicted molar refractivity (Wildman–Crippen MR) is 92.0 cm³/mol. The summed E-state index contributed by atoms with van der Waals surface area (Å²) in [4.78, 5) is 20.1. The molecule has 2 aromatic rings. The Morgan fingerprint density at radius 1 is 1.21 bits per heavy atom. The van der Waals surface area contributed by atoms with Gasteiger partial charge in [-0.25, -0.2) is 9.97 Å².